The first-order valence-electron chi connectivity index (χ1n) is 11.4. The smallest absolute Gasteiger partial charge is 0.248 e. The van der Waals surface area contributed by atoms with E-state index in [-0.39, 0.29) is 5.91 Å². The van der Waals surface area contributed by atoms with E-state index in [1.807, 2.05) is 61.5 Å². The van der Waals surface area contributed by atoms with Crippen molar-refractivity contribution in [1.29, 1.82) is 0 Å². The molecule has 0 aliphatic heterocycles. The summed E-state index contributed by atoms with van der Waals surface area (Å²) in [6.07, 6.45) is 5.01. The van der Waals surface area contributed by atoms with Gasteiger partial charge in [0, 0.05) is 22.3 Å². The lowest BCUT2D eigenvalue weighted by molar-refractivity contribution is -0.111. The first kappa shape index (κ1) is 25.9. The molecule has 4 nitrogen and oxygen atoms in total. The fourth-order valence-corrected chi connectivity index (χ4v) is 4.36. The summed E-state index contributed by atoms with van der Waals surface area (Å²) in [5.74, 6) is 1.00. The number of nitrogens with one attached hydrogen (secondary N) is 1. The summed E-state index contributed by atoms with van der Waals surface area (Å²) in [5.41, 5.74) is 4.86. The second-order valence-electron chi connectivity index (χ2n) is 7.62. The minimum atomic E-state index is -0.177. The molecule has 0 heterocycles. The van der Waals surface area contributed by atoms with Gasteiger partial charge < -0.3 is 14.8 Å². The minimum absolute atomic E-state index is 0.177. The largest absolute Gasteiger partial charge is 0.490 e. The second kappa shape index (κ2) is 12.6. The molecular weight excluding hydrogens is 514 g/mol. The van der Waals surface area contributed by atoms with Crippen LogP contribution in [-0.4, -0.2) is 12.5 Å². The Morgan fingerprint density at radius 2 is 1.65 bits per heavy atom. The number of aryl methyl sites for hydroxylation is 2. The van der Waals surface area contributed by atoms with Crippen molar-refractivity contribution in [3.8, 4) is 11.5 Å². The fraction of sp³-hybridized carbons (Fsp3) is 0.250. The molecule has 0 spiro atoms. The number of hydrogen-bond donors (Lipinski definition) is 1. The van der Waals surface area contributed by atoms with E-state index in [0.29, 0.717) is 29.7 Å². The van der Waals surface area contributed by atoms with Gasteiger partial charge in [0.2, 0.25) is 5.91 Å². The molecule has 0 saturated carbocycles. The van der Waals surface area contributed by atoms with E-state index in [9.17, 15) is 4.79 Å². The summed E-state index contributed by atoms with van der Waals surface area (Å²) in [6, 6.07) is 17.4. The maximum absolute atomic E-state index is 12.7. The Kier molecular flexibility index (Phi) is 9.61. The van der Waals surface area contributed by atoms with E-state index in [2.05, 4.69) is 35.1 Å². The Bertz CT molecular complexity index is 1150. The lowest BCUT2D eigenvalue weighted by Gasteiger charge is -2.15. The molecule has 3 aromatic carbocycles. The topological polar surface area (TPSA) is 47.6 Å². The van der Waals surface area contributed by atoms with Crippen LogP contribution in [-0.2, 0) is 24.2 Å². The van der Waals surface area contributed by atoms with Crippen LogP contribution in [0.1, 0.15) is 43.0 Å². The lowest BCUT2D eigenvalue weighted by Crippen LogP contribution is -2.11. The zero-order valence-corrected chi connectivity index (χ0v) is 22.0. The molecule has 0 saturated heterocycles. The maximum Gasteiger partial charge on any atom is 0.248 e. The van der Waals surface area contributed by atoms with Gasteiger partial charge in [0.1, 0.15) is 6.61 Å². The Morgan fingerprint density at radius 3 is 2.29 bits per heavy atom. The van der Waals surface area contributed by atoms with Crippen molar-refractivity contribution in [3.05, 3.63) is 92.4 Å². The molecule has 0 fully saturated rings. The molecule has 0 radical (unpaired) electrons. The third-order valence-corrected chi connectivity index (χ3v) is 6.29. The molecule has 0 atom stereocenters. The lowest BCUT2D eigenvalue weighted by atomic mass is 10.0. The highest BCUT2D eigenvalue weighted by atomic mass is 79.9. The monoisotopic (exact) mass is 541 g/mol. The van der Waals surface area contributed by atoms with Crippen molar-refractivity contribution in [2.45, 2.75) is 40.2 Å². The van der Waals surface area contributed by atoms with Crippen LogP contribution in [0.2, 0.25) is 5.02 Å². The second-order valence-corrected chi connectivity index (χ2v) is 8.89. The molecule has 0 aliphatic rings. The molecule has 0 aliphatic carbocycles. The highest BCUT2D eigenvalue weighted by Gasteiger charge is 2.13. The van der Waals surface area contributed by atoms with E-state index >= 15 is 0 Å². The standard InChI is InChI=1S/C28H29BrClNO3/c1-4-20-11-9-12-21(5-2)27(20)31-26(32)15-14-19-16-23(29)28(25(17-19)33-6-3)34-18-22-10-7-8-13-24(22)30/h7-17H,4-6,18H2,1-3H3,(H,31,32)/b15-14+. The number of para-hydroxylation sites is 1. The van der Waals surface area contributed by atoms with Crippen molar-refractivity contribution in [3.63, 3.8) is 0 Å². The van der Waals surface area contributed by atoms with Crippen LogP contribution < -0.4 is 14.8 Å². The van der Waals surface area contributed by atoms with E-state index in [0.717, 1.165) is 45.3 Å². The zero-order valence-electron chi connectivity index (χ0n) is 19.7. The molecule has 3 rings (SSSR count). The number of amides is 1. The first-order chi connectivity index (χ1) is 16.5. The van der Waals surface area contributed by atoms with Crippen molar-refractivity contribution in [2.24, 2.45) is 0 Å². The number of benzene rings is 3. The van der Waals surface area contributed by atoms with E-state index in [1.165, 1.54) is 6.08 Å². The Hall–Kier alpha value is -2.76. The van der Waals surface area contributed by atoms with Crippen LogP contribution in [0.15, 0.2) is 65.1 Å². The highest BCUT2D eigenvalue weighted by molar-refractivity contribution is 9.10. The van der Waals surface area contributed by atoms with E-state index in [4.69, 9.17) is 21.1 Å². The molecular formula is C28H29BrClNO3. The van der Waals surface area contributed by atoms with Gasteiger partial charge in [-0.05, 0) is 76.7 Å². The van der Waals surface area contributed by atoms with Crippen LogP contribution in [0.3, 0.4) is 0 Å². The summed E-state index contributed by atoms with van der Waals surface area (Å²) in [4.78, 5) is 12.7. The van der Waals surface area contributed by atoms with Crippen LogP contribution in [0.5, 0.6) is 11.5 Å². The Labute approximate surface area is 215 Å². The Morgan fingerprint density at radius 1 is 0.971 bits per heavy atom. The van der Waals surface area contributed by atoms with Crippen LogP contribution in [0, 0.1) is 0 Å². The van der Waals surface area contributed by atoms with Gasteiger partial charge in [-0.1, -0.05) is 61.8 Å². The highest BCUT2D eigenvalue weighted by Crippen LogP contribution is 2.38. The number of carbonyl (C=O) groups excluding carboxylic acids is 1. The van der Waals surface area contributed by atoms with Crippen LogP contribution >= 0.6 is 27.5 Å². The maximum atomic E-state index is 12.7. The molecule has 3 aromatic rings. The summed E-state index contributed by atoms with van der Waals surface area (Å²) in [5, 5.41) is 3.71. The molecule has 178 valence electrons. The summed E-state index contributed by atoms with van der Waals surface area (Å²) in [7, 11) is 0. The molecule has 1 N–H and O–H groups in total. The normalized spacial score (nSPS) is 11.0. The quantitative estimate of drug-likeness (QED) is 0.265. The fourth-order valence-electron chi connectivity index (χ4n) is 3.59. The molecule has 0 aromatic heterocycles. The van der Waals surface area contributed by atoms with Crippen LogP contribution in [0.25, 0.3) is 6.08 Å². The molecule has 0 bridgehead atoms. The van der Waals surface area contributed by atoms with Gasteiger partial charge in [-0.3, -0.25) is 4.79 Å². The van der Waals surface area contributed by atoms with Crippen molar-refractivity contribution >= 4 is 45.2 Å². The minimum Gasteiger partial charge on any atom is -0.490 e. The van der Waals surface area contributed by atoms with Crippen molar-refractivity contribution in [2.75, 3.05) is 11.9 Å². The van der Waals surface area contributed by atoms with Crippen LogP contribution in [0.4, 0.5) is 5.69 Å². The SMILES string of the molecule is CCOc1cc(/C=C/C(=O)Nc2c(CC)cccc2CC)cc(Br)c1OCc1ccccc1Cl. The number of ether oxygens (including phenoxy) is 2. The van der Waals surface area contributed by atoms with Gasteiger partial charge in [0.05, 0.1) is 11.1 Å². The van der Waals surface area contributed by atoms with Crippen molar-refractivity contribution in [1.82, 2.24) is 0 Å². The van der Waals surface area contributed by atoms with Crippen molar-refractivity contribution < 1.29 is 14.3 Å². The summed E-state index contributed by atoms with van der Waals surface area (Å²) in [6.45, 7) is 6.88. The van der Waals surface area contributed by atoms with Gasteiger partial charge in [0.15, 0.2) is 11.5 Å². The zero-order chi connectivity index (χ0) is 24.5. The number of hydrogen-bond acceptors (Lipinski definition) is 3. The van der Waals surface area contributed by atoms with Gasteiger partial charge in [-0.15, -0.1) is 0 Å². The number of anilines is 1. The molecule has 34 heavy (non-hydrogen) atoms. The first-order valence-corrected chi connectivity index (χ1v) is 12.6. The average molecular weight is 543 g/mol. The summed E-state index contributed by atoms with van der Waals surface area (Å²) >= 11 is 9.84. The van der Waals surface area contributed by atoms with Gasteiger partial charge in [-0.25, -0.2) is 0 Å². The summed E-state index contributed by atoms with van der Waals surface area (Å²) < 4.78 is 12.6. The number of halogens is 2. The average Bonchev–Trinajstić information content (AvgIpc) is 2.83. The van der Waals surface area contributed by atoms with E-state index < -0.39 is 0 Å². The van der Waals surface area contributed by atoms with Gasteiger partial charge in [-0.2, -0.15) is 0 Å². The number of carbonyl (C=O) groups is 1. The number of rotatable bonds is 10. The molecule has 0 unspecified atom stereocenters. The predicted octanol–water partition coefficient (Wildman–Crippen LogP) is 7.86. The van der Waals surface area contributed by atoms with Gasteiger partial charge >= 0.3 is 0 Å². The van der Waals surface area contributed by atoms with E-state index in [1.54, 1.807) is 6.08 Å². The third-order valence-electron chi connectivity index (χ3n) is 5.34. The molecule has 6 heteroatoms. The van der Waals surface area contributed by atoms with Gasteiger partial charge in [0.25, 0.3) is 0 Å². The Balaban J connectivity index is 1.78. The molecule has 1 amide bonds. The third kappa shape index (κ3) is 6.64. The predicted molar refractivity (Wildman–Crippen MR) is 144 cm³/mol.